The van der Waals surface area contributed by atoms with Crippen LogP contribution in [-0.2, 0) is 5.41 Å². The molecule has 82 valence electrons. The number of ether oxygens (including phenoxy) is 1. The van der Waals surface area contributed by atoms with Crippen molar-refractivity contribution in [1.29, 1.82) is 0 Å². The predicted octanol–water partition coefficient (Wildman–Crippen LogP) is 2.65. The highest BCUT2D eigenvalue weighted by molar-refractivity contribution is 6.32. The average Bonchev–Trinajstić information content (AvgIpc) is 3.02. The minimum atomic E-state index is 0.121. The Morgan fingerprint density at radius 3 is 2.60 bits per heavy atom. The summed E-state index contributed by atoms with van der Waals surface area (Å²) in [7, 11) is 1.68. The van der Waals surface area contributed by atoms with Crippen molar-refractivity contribution < 1.29 is 4.74 Å². The molecule has 15 heavy (non-hydrogen) atoms. The fourth-order valence-corrected chi connectivity index (χ4v) is 2.28. The van der Waals surface area contributed by atoms with Crippen molar-refractivity contribution in [3.8, 4) is 5.75 Å². The second kappa shape index (κ2) is 3.69. The summed E-state index contributed by atoms with van der Waals surface area (Å²) in [6.07, 6.45) is 2.27. The molecule has 1 aromatic rings. The normalized spacial score (nSPS) is 17.6. The van der Waals surface area contributed by atoms with Crippen LogP contribution in [0.4, 0.5) is 0 Å². The van der Waals surface area contributed by atoms with E-state index in [9.17, 15) is 0 Å². The van der Waals surface area contributed by atoms with Crippen molar-refractivity contribution in [2.45, 2.75) is 25.2 Å². The highest BCUT2D eigenvalue weighted by Crippen LogP contribution is 2.51. The van der Waals surface area contributed by atoms with Gasteiger partial charge < -0.3 is 10.5 Å². The maximum absolute atomic E-state index is 6.31. The van der Waals surface area contributed by atoms with Crippen LogP contribution < -0.4 is 10.5 Å². The van der Waals surface area contributed by atoms with Gasteiger partial charge in [-0.2, -0.15) is 0 Å². The zero-order chi connectivity index (χ0) is 11.1. The lowest BCUT2D eigenvalue weighted by molar-refractivity contribution is 0.413. The number of aryl methyl sites for hydroxylation is 1. The van der Waals surface area contributed by atoms with Gasteiger partial charge in [0.05, 0.1) is 7.11 Å². The molecule has 1 aliphatic rings. The lowest BCUT2D eigenvalue weighted by Gasteiger charge is -2.17. The zero-order valence-corrected chi connectivity index (χ0v) is 9.90. The van der Waals surface area contributed by atoms with Gasteiger partial charge in [-0.15, -0.1) is 0 Å². The third-order valence-corrected chi connectivity index (χ3v) is 3.78. The monoisotopic (exact) mass is 225 g/mol. The van der Waals surface area contributed by atoms with Crippen LogP contribution in [0, 0.1) is 6.92 Å². The van der Waals surface area contributed by atoms with Crippen LogP contribution in [0.25, 0.3) is 0 Å². The molecule has 0 aromatic heterocycles. The molecule has 0 heterocycles. The molecule has 1 fully saturated rings. The first kappa shape index (κ1) is 10.8. The molecule has 2 N–H and O–H groups in total. The number of benzene rings is 1. The van der Waals surface area contributed by atoms with Crippen LogP contribution in [-0.4, -0.2) is 13.7 Å². The number of methoxy groups -OCH3 is 1. The molecule has 0 unspecified atom stereocenters. The quantitative estimate of drug-likeness (QED) is 0.859. The molecule has 0 bridgehead atoms. The summed E-state index contributed by atoms with van der Waals surface area (Å²) in [4.78, 5) is 0. The standard InChI is InChI=1S/C12H16ClNO/c1-8-5-9(15-2)6-10(11(8)13)12(7-14)3-4-12/h5-6H,3-4,7,14H2,1-2H3. The first-order valence-electron chi connectivity index (χ1n) is 5.17. The van der Waals surface area contributed by atoms with E-state index in [1.807, 2.05) is 19.1 Å². The third kappa shape index (κ3) is 1.72. The van der Waals surface area contributed by atoms with Crippen LogP contribution >= 0.6 is 11.6 Å². The van der Waals surface area contributed by atoms with Crippen molar-refractivity contribution >= 4 is 11.6 Å². The summed E-state index contributed by atoms with van der Waals surface area (Å²) in [5.41, 5.74) is 8.15. The van der Waals surface area contributed by atoms with Gasteiger partial charge in [-0.05, 0) is 43.0 Å². The Kier molecular flexibility index (Phi) is 2.65. The van der Waals surface area contributed by atoms with E-state index in [-0.39, 0.29) is 5.41 Å². The molecule has 0 saturated heterocycles. The Morgan fingerprint density at radius 2 is 2.13 bits per heavy atom. The average molecular weight is 226 g/mol. The van der Waals surface area contributed by atoms with E-state index in [0.717, 1.165) is 34.7 Å². The molecule has 1 aromatic carbocycles. The largest absolute Gasteiger partial charge is 0.497 e. The SMILES string of the molecule is COc1cc(C)c(Cl)c(C2(CN)CC2)c1. The fraction of sp³-hybridized carbons (Fsp3) is 0.500. The summed E-state index contributed by atoms with van der Waals surface area (Å²) in [6.45, 7) is 2.67. The molecule has 0 radical (unpaired) electrons. The topological polar surface area (TPSA) is 35.2 Å². The number of hydrogen-bond acceptors (Lipinski definition) is 2. The molecular formula is C12H16ClNO. The molecule has 1 saturated carbocycles. The van der Waals surface area contributed by atoms with Gasteiger partial charge >= 0.3 is 0 Å². The van der Waals surface area contributed by atoms with E-state index in [0.29, 0.717) is 6.54 Å². The van der Waals surface area contributed by atoms with E-state index >= 15 is 0 Å². The number of halogens is 1. The molecule has 2 nitrogen and oxygen atoms in total. The number of hydrogen-bond donors (Lipinski definition) is 1. The first-order valence-corrected chi connectivity index (χ1v) is 5.55. The fourth-order valence-electron chi connectivity index (χ4n) is 1.97. The van der Waals surface area contributed by atoms with Gasteiger partial charge in [0.1, 0.15) is 5.75 Å². The van der Waals surface area contributed by atoms with Gasteiger partial charge in [0.15, 0.2) is 0 Å². The van der Waals surface area contributed by atoms with Gasteiger partial charge in [0.2, 0.25) is 0 Å². The molecule has 0 aliphatic heterocycles. The minimum absolute atomic E-state index is 0.121. The van der Waals surface area contributed by atoms with E-state index in [1.165, 1.54) is 0 Å². The molecule has 1 aliphatic carbocycles. The van der Waals surface area contributed by atoms with Gasteiger partial charge in [-0.3, -0.25) is 0 Å². The third-order valence-electron chi connectivity index (χ3n) is 3.28. The number of nitrogens with two attached hydrogens (primary N) is 1. The molecular weight excluding hydrogens is 210 g/mol. The summed E-state index contributed by atoms with van der Waals surface area (Å²) in [6, 6.07) is 3.98. The highest BCUT2D eigenvalue weighted by Gasteiger charge is 2.44. The molecule has 0 atom stereocenters. The Balaban J connectivity index is 2.50. The molecule has 3 heteroatoms. The van der Waals surface area contributed by atoms with Crippen molar-refractivity contribution in [2.24, 2.45) is 5.73 Å². The minimum Gasteiger partial charge on any atom is -0.497 e. The Morgan fingerprint density at radius 1 is 1.47 bits per heavy atom. The second-order valence-electron chi connectivity index (χ2n) is 4.29. The van der Waals surface area contributed by atoms with Crippen molar-refractivity contribution in [2.75, 3.05) is 13.7 Å². The van der Waals surface area contributed by atoms with E-state index < -0.39 is 0 Å². The molecule has 0 spiro atoms. The summed E-state index contributed by atoms with van der Waals surface area (Å²) in [5.74, 6) is 0.867. The van der Waals surface area contributed by atoms with Crippen molar-refractivity contribution in [3.05, 3.63) is 28.3 Å². The zero-order valence-electron chi connectivity index (χ0n) is 9.14. The predicted molar refractivity (Wildman–Crippen MR) is 62.7 cm³/mol. The lowest BCUT2D eigenvalue weighted by Crippen LogP contribution is -2.20. The lowest BCUT2D eigenvalue weighted by atomic mass is 9.94. The van der Waals surface area contributed by atoms with Gasteiger partial charge in [0.25, 0.3) is 0 Å². The highest BCUT2D eigenvalue weighted by atomic mass is 35.5. The maximum Gasteiger partial charge on any atom is 0.119 e. The van der Waals surface area contributed by atoms with Crippen LogP contribution in [0.15, 0.2) is 12.1 Å². The van der Waals surface area contributed by atoms with Crippen LogP contribution in [0.5, 0.6) is 5.75 Å². The second-order valence-corrected chi connectivity index (χ2v) is 4.67. The van der Waals surface area contributed by atoms with Gasteiger partial charge in [0, 0.05) is 17.0 Å². The summed E-state index contributed by atoms with van der Waals surface area (Å²) >= 11 is 6.31. The maximum atomic E-state index is 6.31. The van der Waals surface area contributed by atoms with Crippen LogP contribution in [0.1, 0.15) is 24.0 Å². The van der Waals surface area contributed by atoms with Crippen molar-refractivity contribution in [3.63, 3.8) is 0 Å². The first-order chi connectivity index (χ1) is 7.13. The van der Waals surface area contributed by atoms with Gasteiger partial charge in [-0.25, -0.2) is 0 Å². The van der Waals surface area contributed by atoms with E-state index in [2.05, 4.69) is 0 Å². The Labute approximate surface area is 95.4 Å². The van der Waals surface area contributed by atoms with Gasteiger partial charge in [-0.1, -0.05) is 11.6 Å². The summed E-state index contributed by atoms with van der Waals surface area (Å²) < 4.78 is 5.26. The number of rotatable bonds is 3. The van der Waals surface area contributed by atoms with E-state index in [4.69, 9.17) is 22.1 Å². The Hall–Kier alpha value is -0.730. The molecule has 0 amide bonds. The van der Waals surface area contributed by atoms with E-state index in [1.54, 1.807) is 7.11 Å². The van der Waals surface area contributed by atoms with Crippen LogP contribution in [0.2, 0.25) is 5.02 Å². The van der Waals surface area contributed by atoms with Crippen LogP contribution in [0.3, 0.4) is 0 Å². The Bertz CT molecular complexity index is 385. The smallest absolute Gasteiger partial charge is 0.119 e. The molecule has 2 rings (SSSR count). The summed E-state index contributed by atoms with van der Waals surface area (Å²) in [5, 5.41) is 0.846. The van der Waals surface area contributed by atoms with Crippen molar-refractivity contribution in [1.82, 2.24) is 0 Å².